The quantitative estimate of drug-likeness (QED) is 0.311. The van der Waals surface area contributed by atoms with Gasteiger partial charge in [-0.15, -0.1) is 0 Å². The molecule has 1 heterocycles. The standard InChI is InChI=1S/C22H17BrN4O/c23-20-12-10-18(11-13-20)17-6-8-19(9-7-17)22(14-27-16-24-15-25-27)26-28-21-4-2-1-3-5-21/h1-13,15-16H,14H2/b26-22-. The van der Waals surface area contributed by atoms with Crippen molar-refractivity contribution >= 4 is 21.6 Å². The number of para-hydroxylation sites is 1. The number of hydrogen-bond acceptors (Lipinski definition) is 4. The van der Waals surface area contributed by atoms with Gasteiger partial charge in [0.1, 0.15) is 18.4 Å². The molecule has 0 amide bonds. The maximum absolute atomic E-state index is 5.62. The summed E-state index contributed by atoms with van der Waals surface area (Å²) in [5.74, 6) is 0.685. The average Bonchev–Trinajstić information content (AvgIpc) is 3.26. The summed E-state index contributed by atoms with van der Waals surface area (Å²) in [7, 11) is 0. The SMILES string of the molecule is Brc1ccc(-c2ccc(/C(Cn3cncn3)=N\Oc3ccccc3)cc2)cc1. The molecule has 0 saturated heterocycles. The highest BCUT2D eigenvalue weighted by molar-refractivity contribution is 9.10. The van der Waals surface area contributed by atoms with Crippen LogP contribution in [0.15, 0.2) is 101 Å². The molecule has 138 valence electrons. The first-order chi connectivity index (χ1) is 13.8. The first kappa shape index (κ1) is 18.1. The van der Waals surface area contributed by atoms with Crippen LogP contribution in [0, 0.1) is 0 Å². The van der Waals surface area contributed by atoms with Crippen LogP contribution >= 0.6 is 15.9 Å². The highest BCUT2D eigenvalue weighted by Crippen LogP contribution is 2.22. The maximum atomic E-state index is 5.62. The van der Waals surface area contributed by atoms with E-state index in [0.29, 0.717) is 12.3 Å². The molecule has 28 heavy (non-hydrogen) atoms. The Morgan fingerprint density at radius 1 is 0.893 bits per heavy atom. The second kappa shape index (κ2) is 8.63. The lowest BCUT2D eigenvalue weighted by Crippen LogP contribution is -2.13. The van der Waals surface area contributed by atoms with Gasteiger partial charge >= 0.3 is 0 Å². The van der Waals surface area contributed by atoms with Gasteiger partial charge in [0.2, 0.25) is 0 Å². The normalized spacial score (nSPS) is 11.4. The van der Waals surface area contributed by atoms with Crippen LogP contribution in [-0.4, -0.2) is 20.5 Å². The Hall–Kier alpha value is -3.25. The van der Waals surface area contributed by atoms with Gasteiger partial charge in [0.05, 0.1) is 6.54 Å². The van der Waals surface area contributed by atoms with E-state index in [-0.39, 0.29) is 0 Å². The molecule has 0 aliphatic rings. The molecule has 0 saturated carbocycles. The Bertz CT molecular complexity index is 1040. The minimum atomic E-state index is 0.463. The van der Waals surface area contributed by atoms with Gasteiger partial charge in [0, 0.05) is 10.0 Å². The third-order valence-electron chi connectivity index (χ3n) is 4.18. The highest BCUT2D eigenvalue weighted by atomic mass is 79.9. The lowest BCUT2D eigenvalue weighted by atomic mass is 10.0. The number of aromatic nitrogens is 3. The van der Waals surface area contributed by atoms with Gasteiger partial charge in [-0.1, -0.05) is 75.7 Å². The summed E-state index contributed by atoms with van der Waals surface area (Å²) in [6.07, 6.45) is 3.17. The fraction of sp³-hybridized carbons (Fsp3) is 0.0455. The van der Waals surface area contributed by atoms with E-state index in [0.717, 1.165) is 26.9 Å². The van der Waals surface area contributed by atoms with Crippen LogP contribution in [0.1, 0.15) is 5.56 Å². The number of benzene rings is 3. The van der Waals surface area contributed by atoms with Crippen molar-refractivity contribution in [2.24, 2.45) is 5.16 Å². The topological polar surface area (TPSA) is 52.3 Å². The van der Waals surface area contributed by atoms with Crippen LogP contribution in [0.3, 0.4) is 0 Å². The minimum absolute atomic E-state index is 0.463. The summed E-state index contributed by atoms with van der Waals surface area (Å²) in [5.41, 5.74) is 4.02. The van der Waals surface area contributed by atoms with Crippen molar-refractivity contribution in [1.29, 1.82) is 0 Å². The molecule has 0 aliphatic carbocycles. The average molecular weight is 433 g/mol. The van der Waals surface area contributed by atoms with Gasteiger partial charge in [-0.3, -0.25) is 0 Å². The zero-order valence-electron chi connectivity index (χ0n) is 14.9. The third kappa shape index (κ3) is 4.53. The van der Waals surface area contributed by atoms with Crippen LogP contribution in [0.2, 0.25) is 0 Å². The van der Waals surface area contributed by atoms with Crippen LogP contribution in [0.25, 0.3) is 11.1 Å². The molecule has 5 nitrogen and oxygen atoms in total. The summed E-state index contributed by atoms with van der Waals surface area (Å²) in [6.45, 7) is 0.463. The van der Waals surface area contributed by atoms with Crippen molar-refractivity contribution in [2.45, 2.75) is 6.54 Å². The molecule has 0 unspecified atom stereocenters. The summed E-state index contributed by atoms with van der Waals surface area (Å²) in [6, 6.07) is 26.0. The fourth-order valence-electron chi connectivity index (χ4n) is 2.73. The van der Waals surface area contributed by atoms with E-state index in [1.54, 1.807) is 11.0 Å². The number of halogens is 1. The van der Waals surface area contributed by atoms with E-state index >= 15 is 0 Å². The Morgan fingerprint density at radius 2 is 1.57 bits per heavy atom. The van der Waals surface area contributed by atoms with Gasteiger partial charge in [-0.05, 0) is 35.4 Å². The van der Waals surface area contributed by atoms with E-state index < -0.39 is 0 Å². The number of nitrogens with zero attached hydrogens (tertiary/aromatic N) is 4. The Labute approximate surface area is 171 Å². The van der Waals surface area contributed by atoms with Crippen molar-refractivity contribution in [2.75, 3.05) is 0 Å². The fourth-order valence-corrected chi connectivity index (χ4v) is 2.99. The smallest absolute Gasteiger partial charge is 0.157 e. The van der Waals surface area contributed by atoms with Crippen LogP contribution in [-0.2, 0) is 6.54 Å². The molecule has 1 aromatic heterocycles. The van der Waals surface area contributed by atoms with E-state index in [2.05, 4.69) is 55.4 Å². The van der Waals surface area contributed by atoms with Crippen molar-refractivity contribution in [3.8, 4) is 16.9 Å². The van der Waals surface area contributed by atoms with Gasteiger partial charge in [-0.2, -0.15) is 5.10 Å². The summed E-state index contributed by atoms with van der Waals surface area (Å²) in [4.78, 5) is 9.62. The van der Waals surface area contributed by atoms with E-state index in [1.807, 2.05) is 54.6 Å². The molecule has 0 aliphatic heterocycles. The van der Waals surface area contributed by atoms with Crippen LogP contribution in [0.5, 0.6) is 5.75 Å². The molecule has 0 radical (unpaired) electrons. The summed E-state index contributed by atoms with van der Waals surface area (Å²) in [5, 5.41) is 8.55. The molecule has 4 aromatic rings. The molecule has 6 heteroatoms. The summed E-state index contributed by atoms with van der Waals surface area (Å²) >= 11 is 3.47. The van der Waals surface area contributed by atoms with Crippen LogP contribution < -0.4 is 4.84 Å². The van der Waals surface area contributed by atoms with Crippen molar-refractivity contribution in [3.05, 3.63) is 102 Å². The minimum Gasteiger partial charge on any atom is -0.357 e. The molecular weight excluding hydrogens is 416 g/mol. The maximum Gasteiger partial charge on any atom is 0.157 e. The third-order valence-corrected chi connectivity index (χ3v) is 4.71. The van der Waals surface area contributed by atoms with Crippen molar-refractivity contribution in [1.82, 2.24) is 14.8 Å². The molecule has 0 fully saturated rings. The van der Waals surface area contributed by atoms with E-state index in [4.69, 9.17) is 4.84 Å². The van der Waals surface area contributed by atoms with Gasteiger partial charge in [0.25, 0.3) is 0 Å². The monoisotopic (exact) mass is 432 g/mol. The van der Waals surface area contributed by atoms with E-state index in [1.165, 1.54) is 6.33 Å². The first-order valence-electron chi connectivity index (χ1n) is 8.76. The molecule has 0 spiro atoms. The summed E-state index contributed by atoms with van der Waals surface area (Å²) < 4.78 is 2.78. The second-order valence-corrected chi connectivity index (χ2v) is 7.04. The lowest BCUT2D eigenvalue weighted by molar-refractivity contribution is 0.339. The zero-order chi connectivity index (χ0) is 19.2. The zero-order valence-corrected chi connectivity index (χ0v) is 16.5. The van der Waals surface area contributed by atoms with Crippen LogP contribution in [0.4, 0.5) is 0 Å². The van der Waals surface area contributed by atoms with Gasteiger partial charge in [0.15, 0.2) is 5.75 Å². The molecule has 4 rings (SSSR count). The van der Waals surface area contributed by atoms with Gasteiger partial charge in [-0.25, -0.2) is 9.67 Å². The molecule has 3 aromatic carbocycles. The molecule has 0 atom stereocenters. The Balaban J connectivity index is 1.60. The predicted octanol–water partition coefficient (Wildman–Crippen LogP) is 5.19. The number of rotatable bonds is 6. The van der Waals surface area contributed by atoms with Crippen molar-refractivity contribution < 1.29 is 4.84 Å². The van der Waals surface area contributed by atoms with Gasteiger partial charge < -0.3 is 4.84 Å². The first-order valence-corrected chi connectivity index (χ1v) is 9.55. The largest absolute Gasteiger partial charge is 0.357 e. The lowest BCUT2D eigenvalue weighted by Gasteiger charge is -2.09. The Morgan fingerprint density at radius 3 is 2.21 bits per heavy atom. The van der Waals surface area contributed by atoms with E-state index in [9.17, 15) is 0 Å². The highest BCUT2D eigenvalue weighted by Gasteiger charge is 2.08. The predicted molar refractivity (Wildman–Crippen MR) is 113 cm³/mol. The molecular formula is C22H17BrN4O. The number of hydrogen-bond donors (Lipinski definition) is 0. The van der Waals surface area contributed by atoms with Crippen molar-refractivity contribution in [3.63, 3.8) is 0 Å². The Kier molecular flexibility index (Phi) is 5.58. The second-order valence-electron chi connectivity index (χ2n) is 6.12. The molecule has 0 N–H and O–H groups in total. The molecule has 0 bridgehead atoms. The number of oxime groups is 1.